The van der Waals surface area contributed by atoms with Crippen molar-refractivity contribution >= 4 is 6.03 Å². The van der Waals surface area contributed by atoms with E-state index in [9.17, 15) is 4.79 Å². The summed E-state index contributed by atoms with van der Waals surface area (Å²) in [7, 11) is 1.73. The van der Waals surface area contributed by atoms with Crippen LogP contribution in [0.2, 0.25) is 0 Å². The van der Waals surface area contributed by atoms with E-state index in [-0.39, 0.29) is 18.6 Å². The van der Waals surface area contributed by atoms with Gasteiger partial charge in [0, 0.05) is 19.6 Å². The van der Waals surface area contributed by atoms with Crippen LogP contribution >= 0.6 is 0 Å². The molecule has 0 atom stereocenters. The molecular formula is C9H17N3O. The lowest BCUT2D eigenvalue weighted by Gasteiger charge is -2.28. The third-order valence-corrected chi connectivity index (χ3v) is 1.91. The van der Waals surface area contributed by atoms with E-state index in [0.29, 0.717) is 6.54 Å². The Morgan fingerprint density at radius 1 is 1.54 bits per heavy atom. The van der Waals surface area contributed by atoms with E-state index in [1.54, 1.807) is 16.8 Å². The monoisotopic (exact) mass is 183 g/mol. The summed E-state index contributed by atoms with van der Waals surface area (Å²) < 4.78 is 0. The van der Waals surface area contributed by atoms with E-state index in [4.69, 9.17) is 5.26 Å². The molecule has 0 aliphatic carbocycles. The number of rotatable bonds is 3. The maximum atomic E-state index is 11.6. The van der Waals surface area contributed by atoms with Crippen LogP contribution in [0.3, 0.4) is 0 Å². The van der Waals surface area contributed by atoms with Gasteiger partial charge in [-0.3, -0.25) is 0 Å². The van der Waals surface area contributed by atoms with Crippen LogP contribution in [0.1, 0.15) is 20.8 Å². The predicted molar refractivity (Wildman–Crippen MR) is 51.2 cm³/mol. The van der Waals surface area contributed by atoms with Crippen molar-refractivity contribution in [3.63, 3.8) is 0 Å². The van der Waals surface area contributed by atoms with Crippen molar-refractivity contribution in [3.05, 3.63) is 0 Å². The van der Waals surface area contributed by atoms with Crippen molar-refractivity contribution in [2.45, 2.75) is 26.8 Å². The topological polar surface area (TPSA) is 47.3 Å². The molecule has 0 N–H and O–H groups in total. The molecule has 0 heterocycles. The summed E-state index contributed by atoms with van der Waals surface area (Å²) in [5.41, 5.74) is 0. The number of carbonyl (C=O) groups excluding carboxylic acids is 1. The zero-order valence-corrected chi connectivity index (χ0v) is 8.74. The van der Waals surface area contributed by atoms with Gasteiger partial charge in [-0.1, -0.05) is 0 Å². The van der Waals surface area contributed by atoms with Gasteiger partial charge >= 0.3 is 6.03 Å². The summed E-state index contributed by atoms with van der Waals surface area (Å²) in [6.07, 6.45) is 0. The Balaban J connectivity index is 4.38. The molecule has 0 unspecified atom stereocenters. The fraction of sp³-hybridized carbons (Fsp3) is 0.778. The van der Waals surface area contributed by atoms with Crippen LogP contribution < -0.4 is 0 Å². The van der Waals surface area contributed by atoms with Gasteiger partial charge in [0.05, 0.1) is 6.07 Å². The number of urea groups is 1. The number of hydrogen-bond donors (Lipinski definition) is 0. The molecule has 0 fully saturated rings. The minimum absolute atomic E-state index is 0.0705. The second kappa shape index (κ2) is 5.41. The van der Waals surface area contributed by atoms with Gasteiger partial charge < -0.3 is 9.80 Å². The summed E-state index contributed by atoms with van der Waals surface area (Å²) in [6, 6.07) is 1.97. The van der Waals surface area contributed by atoms with Gasteiger partial charge in [0.25, 0.3) is 0 Å². The summed E-state index contributed by atoms with van der Waals surface area (Å²) in [4.78, 5) is 14.7. The number of nitrogens with zero attached hydrogens (tertiary/aromatic N) is 3. The quantitative estimate of drug-likeness (QED) is 0.619. The lowest BCUT2D eigenvalue weighted by molar-refractivity contribution is 0.158. The molecule has 0 saturated heterocycles. The molecule has 0 aliphatic heterocycles. The van der Waals surface area contributed by atoms with Crippen molar-refractivity contribution in [3.8, 4) is 6.07 Å². The number of amides is 2. The molecule has 4 heteroatoms. The van der Waals surface area contributed by atoms with E-state index in [2.05, 4.69) is 0 Å². The highest BCUT2D eigenvalue weighted by Crippen LogP contribution is 2.02. The van der Waals surface area contributed by atoms with E-state index >= 15 is 0 Å². The van der Waals surface area contributed by atoms with E-state index in [0.717, 1.165) is 0 Å². The first kappa shape index (κ1) is 11.8. The van der Waals surface area contributed by atoms with Crippen LogP contribution in [-0.4, -0.2) is 42.0 Å². The number of nitriles is 1. The Hall–Kier alpha value is -1.24. The molecule has 0 aromatic rings. The fourth-order valence-corrected chi connectivity index (χ4v) is 0.902. The minimum Gasteiger partial charge on any atom is -0.328 e. The van der Waals surface area contributed by atoms with Gasteiger partial charge in [-0.25, -0.2) is 4.79 Å². The Labute approximate surface area is 79.7 Å². The van der Waals surface area contributed by atoms with Crippen LogP contribution in [-0.2, 0) is 0 Å². The van der Waals surface area contributed by atoms with E-state index in [1.165, 1.54) is 0 Å². The SMILES string of the molecule is CCN(C)C(=O)N(CC#N)C(C)C. The molecule has 13 heavy (non-hydrogen) atoms. The first-order valence-electron chi connectivity index (χ1n) is 4.43. The zero-order chi connectivity index (χ0) is 10.4. The van der Waals surface area contributed by atoms with Crippen LogP contribution in [0.15, 0.2) is 0 Å². The number of hydrogen-bond acceptors (Lipinski definition) is 2. The second-order valence-electron chi connectivity index (χ2n) is 3.18. The summed E-state index contributed by atoms with van der Waals surface area (Å²) >= 11 is 0. The molecule has 0 radical (unpaired) electrons. The van der Waals surface area contributed by atoms with Gasteiger partial charge in [0.15, 0.2) is 0 Å². The van der Waals surface area contributed by atoms with Gasteiger partial charge in [0.1, 0.15) is 6.54 Å². The smallest absolute Gasteiger partial charge is 0.320 e. The first-order chi connectivity index (χ1) is 6.04. The van der Waals surface area contributed by atoms with E-state index in [1.807, 2.05) is 26.8 Å². The van der Waals surface area contributed by atoms with Crippen molar-refractivity contribution < 1.29 is 4.79 Å². The summed E-state index contributed by atoms with van der Waals surface area (Å²) in [6.45, 7) is 6.52. The van der Waals surface area contributed by atoms with Crippen LogP contribution in [0.5, 0.6) is 0 Å². The molecule has 74 valence electrons. The van der Waals surface area contributed by atoms with Crippen LogP contribution in [0.25, 0.3) is 0 Å². The minimum atomic E-state index is -0.0842. The molecule has 0 bridgehead atoms. The molecule has 0 spiro atoms. The van der Waals surface area contributed by atoms with Crippen molar-refractivity contribution in [1.82, 2.24) is 9.80 Å². The van der Waals surface area contributed by atoms with Crippen molar-refractivity contribution in [2.24, 2.45) is 0 Å². The Morgan fingerprint density at radius 3 is 2.38 bits per heavy atom. The van der Waals surface area contributed by atoms with Crippen molar-refractivity contribution in [2.75, 3.05) is 20.1 Å². The molecule has 0 rings (SSSR count). The molecule has 0 aliphatic rings. The average molecular weight is 183 g/mol. The normalized spacial score (nSPS) is 9.54. The molecule has 2 amide bonds. The molecule has 0 aromatic carbocycles. The molecular weight excluding hydrogens is 166 g/mol. The highest BCUT2D eigenvalue weighted by molar-refractivity contribution is 5.74. The van der Waals surface area contributed by atoms with Gasteiger partial charge in [-0.15, -0.1) is 0 Å². The van der Waals surface area contributed by atoms with Gasteiger partial charge in [0.2, 0.25) is 0 Å². The largest absolute Gasteiger partial charge is 0.328 e. The molecule has 0 saturated carbocycles. The summed E-state index contributed by atoms with van der Waals surface area (Å²) in [5, 5.41) is 8.53. The molecule has 4 nitrogen and oxygen atoms in total. The Kier molecular flexibility index (Phi) is 4.90. The van der Waals surface area contributed by atoms with Crippen LogP contribution in [0, 0.1) is 11.3 Å². The Morgan fingerprint density at radius 2 is 2.08 bits per heavy atom. The van der Waals surface area contributed by atoms with Gasteiger partial charge in [-0.2, -0.15) is 5.26 Å². The summed E-state index contributed by atoms with van der Waals surface area (Å²) in [5.74, 6) is 0. The van der Waals surface area contributed by atoms with Crippen LogP contribution in [0.4, 0.5) is 4.79 Å². The maximum Gasteiger partial charge on any atom is 0.320 e. The average Bonchev–Trinajstić information content (AvgIpc) is 2.11. The lowest BCUT2D eigenvalue weighted by atomic mass is 10.3. The fourth-order valence-electron chi connectivity index (χ4n) is 0.902. The predicted octanol–water partition coefficient (Wildman–Crippen LogP) is 1.29. The molecule has 0 aromatic heterocycles. The first-order valence-corrected chi connectivity index (χ1v) is 4.43. The lowest BCUT2D eigenvalue weighted by Crippen LogP contribution is -2.44. The van der Waals surface area contributed by atoms with Crippen molar-refractivity contribution in [1.29, 1.82) is 5.26 Å². The third-order valence-electron chi connectivity index (χ3n) is 1.91. The van der Waals surface area contributed by atoms with Gasteiger partial charge in [-0.05, 0) is 20.8 Å². The zero-order valence-electron chi connectivity index (χ0n) is 8.74. The van der Waals surface area contributed by atoms with E-state index < -0.39 is 0 Å². The Bertz CT molecular complexity index is 207. The number of carbonyl (C=O) groups is 1. The standard InChI is InChI=1S/C9H17N3O/c1-5-11(4)9(13)12(7-6-10)8(2)3/h8H,5,7H2,1-4H3. The second-order valence-corrected chi connectivity index (χ2v) is 3.18. The third kappa shape index (κ3) is 3.32. The highest BCUT2D eigenvalue weighted by atomic mass is 16.2. The highest BCUT2D eigenvalue weighted by Gasteiger charge is 2.18. The maximum absolute atomic E-state index is 11.6.